The van der Waals surface area contributed by atoms with E-state index in [1.54, 1.807) is 13.8 Å². The normalized spacial score (nSPS) is 22.4. The van der Waals surface area contributed by atoms with E-state index in [-0.39, 0.29) is 43.7 Å². The van der Waals surface area contributed by atoms with E-state index in [1.807, 2.05) is 0 Å². The smallest absolute Gasteiger partial charge is 0.335 e. The fourth-order valence-electron chi connectivity index (χ4n) is 4.46. The van der Waals surface area contributed by atoms with Crippen LogP contribution in [0, 0.1) is 30.1 Å². The van der Waals surface area contributed by atoms with Crippen LogP contribution in [-0.4, -0.2) is 74.0 Å². The van der Waals surface area contributed by atoms with Crippen molar-refractivity contribution in [1.82, 2.24) is 5.32 Å². The minimum absolute atomic E-state index is 0.00966. The second kappa shape index (κ2) is 15.7. The SMILES string of the molecule is C#CCNC(=O)[C@@H](CCC(=O)OC)CC(=O)c1cc(CO)ccc1O[C@@H]1O[C@H](C(=O)OC)[C@@H](C)[C@H](C)[C@H]1OC(C)=O. The standard InChI is InChI=1S/C29H37NO11/c1-7-12-30-27(35)20(9-11-24(34)37-5)14-22(33)21-13-19(15-31)8-10-23(21)40-29-26(39-18(4)32)17(3)16(2)25(41-29)28(36)38-6/h1,8,10,13,16-17,20,25-26,29,31H,9,11-12,14-15H2,2-6H3,(H,30,35)/t16-,17-,20-,25-,26+,29+/m0/s1. The van der Waals surface area contributed by atoms with Crippen LogP contribution in [-0.2, 0) is 44.7 Å². The third kappa shape index (κ3) is 9.03. The van der Waals surface area contributed by atoms with Gasteiger partial charge in [0.05, 0.1) is 32.9 Å². The van der Waals surface area contributed by atoms with Gasteiger partial charge in [0, 0.05) is 31.6 Å². The number of benzene rings is 1. The monoisotopic (exact) mass is 575 g/mol. The van der Waals surface area contributed by atoms with Crippen LogP contribution in [0.4, 0.5) is 0 Å². The molecule has 0 aliphatic carbocycles. The van der Waals surface area contributed by atoms with Gasteiger partial charge in [-0.05, 0) is 30.0 Å². The number of carbonyl (C=O) groups excluding carboxylic acids is 5. The number of aliphatic hydroxyl groups excluding tert-OH is 1. The van der Waals surface area contributed by atoms with Gasteiger partial charge in [0.2, 0.25) is 12.2 Å². The molecule has 6 atom stereocenters. The average Bonchev–Trinajstić information content (AvgIpc) is 2.96. The van der Waals surface area contributed by atoms with Crippen molar-refractivity contribution < 1.29 is 52.8 Å². The second-order valence-electron chi connectivity index (χ2n) is 9.71. The molecule has 0 aromatic heterocycles. The zero-order valence-corrected chi connectivity index (χ0v) is 23.8. The summed E-state index contributed by atoms with van der Waals surface area (Å²) in [5.74, 6) is -2.27. The zero-order chi connectivity index (χ0) is 30.7. The molecule has 1 aromatic rings. The molecule has 1 amide bonds. The van der Waals surface area contributed by atoms with Crippen molar-refractivity contribution in [3.05, 3.63) is 29.3 Å². The molecule has 1 aromatic carbocycles. The number of amides is 1. The second-order valence-corrected chi connectivity index (χ2v) is 9.71. The van der Waals surface area contributed by atoms with Crippen LogP contribution in [0.2, 0.25) is 0 Å². The molecule has 12 heteroatoms. The fraction of sp³-hybridized carbons (Fsp3) is 0.552. The number of hydrogen-bond donors (Lipinski definition) is 2. The summed E-state index contributed by atoms with van der Waals surface area (Å²) < 4.78 is 27.0. The summed E-state index contributed by atoms with van der Waals surface area (Å²) in [4.78, 5) is 62.4. The lowest BCUT2D eigenvalue weighted by Crippen LogP contribution is -2.55. The molecule has 2 rings (SSSR count). The van der Waals surface area contributed by atoms with Crippen LogP contribution in [0.5, 0.6) is 5.75 Å². The summed E-state index contributed by atoms with van der Waals surface area (Å²) in [6, 6.07) is 4.36. The predicted octanol–water partition coefficient (Wildman–Crippen LogP) is 1.55. The maximum Gasteiger partial charge on any atom is 0.335 e. The Morgan fingerprint density at radius 3 is 2.41 bits per heavy atom. The van der Waals surface area contributed by atoms with E-state index >= 15 is 0 Å². The van der Waals surface area contributed by atoms with Crippen LogP contribution in [0.15, 0.2) is 18.2 Å². The first-order chi connectivity index (χ1) is 19.5. The van der Waals surface area contributed by atoms with Crippen molar-refractivity contribution >= 4 is 29.6 Å². The Morgan fingerprint density at radius 1 is 1.12 bits per heavy atom. The number of nitrogens with one attached hydrogen (secondary N) is 1. The van der Waals surface area contributed by atoms with Gasteiger partial charge < -0.3 is 34.1 Å². The molecule has 12 nitrogen and oxygen atoms in total. The average molecular weight is 576 g/mol. The van der Waals surface area contributed by atoms with Gasteiger partial charge in [-0.3, -0.25) is 19.2 Å². The van der Waals surface area contributed by atoms with Crippen molar-refractivity contribution in [2.75, 3.05) is 20.8 Å². The molecular weight excluding hydrogens is 538 g/mol. The third-order valence-electron chi connectivity index (χ3n) is 6.97. The molecule has 1 heterocycles. The lowest BCUT2D eigenvalue weighted by Gasteiger charge is -2.42. The van der Waals surface area contributed by atoms with Crippen molar-refractivity contribution in [1.29, 1.82) is 0 Å². The van der Waals surface area contributed by atoms with E-state index in [4.69, 9.17) is 25.4 Å². The highest BCUT2D eigenvalue weighted by atomic mass is 16.7. The lowest BCUT2D eigenvalue weighted by molar-refractivity contribution is -0.248. The number of methoxy groups -OCH3 is 2. The first-order valence-corrected chi connectivity index (χ1v) is 13.1. The van der Waals surface area contributed by atoms with Crippen molar-refractivity contribution in [2.24, 2.45) is 17.8 Å². The quantitative estimate of drug-likeness (QED) is 0.152. The molecule has 1 fully saturated rings. The van der Waals surface area contributed by atoms with E-state index in [9.17, 15) is 29.1 Å². The number of esters is 3. The third-order valence-corrected chi connectivity index (χ3v) is 6.97. The van der Waals surface area contributed by atoms with Gasteiger partial charge in [-0.2, -0.15) is 0 Å². The summed E-state index contributed by atoms with van der Waals surface area (Å²) in [6.45, 7) is 4.30. The van der Waals surface area contributed by atoms with Crippen LogP contribution in [0.1, 0.15) is 56.0 Å². The van der Waals surface area contributed by atoms with Crippen molar-refractivity contribution in [3.63, 3.8) is 0 Å². The van der Waals surface area contributed by atoms with Crippen LogP contribution < -0.4 is 10.1 Å². The fourth-order valence-corrected chi connectivity index (χ4v) is 4.46. The molecule has 0 bridgehead atoms. The Bertz CT molecular complexity index is 1160. The Kier molecular flexibility index (Phi) is 12.8. The number of aliphatic hydroxyl groups is 1. The topological polar surface area (TPSA) is 164 Å². The summed E-state index contributed by atoms with van der Waals surface area (Å²) in [7, 11) is 2.44. The Labute approximate surface area is 239 Å². The van der Waals surface area contributed by atoms with Gasteiger partial charge in [0.1, 0.15) is 5.75 Å². The molecular formula is C29H37NO11. The molecule has 1 aliphatic rings. The summed E-state index contributed by atoms with van der Waals surface area (Å²) in [6.07, 6.45) is 1.54. The molecule has 41 heavy (non-hydrogen) atoms. The van der Waals surface area contributed by atoms with E-state index in [2.05, 4.69) is 16.0 Å². The first-order valence-electron chi connectivity index (χ1n) is 13.1. The van der Waals surface area contributed by atoms with Gasteiger partial charge in [-0.1, -0.05) is 25.8 Å². The zero-order valence-electron chi connectivity index (χ0n) is 23.8. The molecule has 1 saturated heterocycles. The number of rotatable bonds is 13. The Hall–Kier alpha value is -3.95. The van der Waals surface area contributed by atoms with E-state index in [0.29, 0.717) is 5.56 Å². The van der Waals surface area contributed by atoms with Crippen LogP contribution >= 0.6 is 0 Å². The molecule has 224 valence electrons. The first kappa shape index (κ1) is 33.3. The van der Waals surface area contributed by atoms with Gasteiger partial charge in [-0.25, -0.2) is 4.79 Å². The molecule has 0 radical (unpaired) electrons. The van der Waals surface area contributed by atoms with Crippen LogP contribution in [0.25, 0.3) is 0 Å². The number of Topliss-reactive ketones (excluding diaryl/α,β-unsaturated/α-hetero) is 1. The minimum Gasteiger partial charge on any atom is -0.469 e. The Morgan fingerprint density at radius 2 is 1.83 bits per heavy atom. The van der Waals surface area contributed by atoms with Gasteiger partial charge in [0.25, 0.3) is 0 Å². The number of carbonyl (C=O) groups is 5. The number of terminal acetylenes is 1. The maximum atomic E-state index is 13.6. The van der Waals surface area contributed by atoms with Gasteiger partial charge in [-0.15, -0.1) is 6.42 Å². The lowest BCUT2D eigenvalue weighted by atomic mass is 9.83. The minimum atomic E-state index is -1.30. The number of ether oxygens (including phenoxy) is 5. The molecule has 0 spiro atoms. The van der Waals surface area contributed by atoms with Gasteiger partial charge in [0.15, 0.2) is 18.0 Å². The summed E-state index contributed by atoms with van der Waals surface area (Å²) >= 11 is 0. The van der Waals surface area contributed by atoms with E-state index in [1.165, 1.54) is 39.3 Å². The largest absolute Gasteiger partial charge is 0.469 e. The summed E-state index contributed by atoms with van der Waals surface area (Å²) in [5, 5.41) is 12.2. The maximum absolute atomic E-state index is 13.6. The highest BCUT2D eigenvalue weighted by Crippen LogP contribution is 2.36. The van der Waals surface area contributed by atoms with E-state index in [0.717, 1.165) is 0 Å². The molecule has 1 aliphatic heterocycles. The highest BCUT2D eigenvalue weighted by molar-refractivity contribution is 6.01. The Balaban J connectivity index is 2.43. The highest BCUT2D eigenvalue weighted by Gasteiger charge is 2.48. The summed E-state index contributed by atoms with van der Waals surface area (Å²) in [5.41, 5.74) is 0.398. The number of hydrogen-bond acceptors (Lipinski definition) is 11. The molecule has 0 unspecified atom stereocenters. The predicted molar refractivity (Wildman–Crippen MR) is 143 cm³/mol. The van der Waals surface area contributed by atoms with Crippen molar-refractivity contribution in [2.45, 2.75) is 65.1 Å². The number of ketones is 1. The van der Waals surface area contributed by atoms with E-state index < -0.39 is 65.9 Å². The molecule has 0 saturated carbocycles. The van der Waals surface area contributed by atoms with Crippen molar-refractivity contribution in [3.8, 4) is 18.1 Å². The molecule has 2 N–H and O–H groups in total. The van der Waals surface area contributed by atoms with Gasteiger partial charge >= 0.3 is 17.9 Å². The van der Waals surface area contributed by atoms with Crippen LogP contribution in [0.3, 0.4) is 0 Å².